The first kappa shape index (κ1) is 19.9. The fourth-order valence-corrected chi connectivity index (χ4v) is 3.75. The number of hydrogen-bond acceptors (Lipinski definition) is 4. The van der Waals surface area contributed by atoms with Crippen LogP contribution in [0.2, 0.25) is 0 Å². The molecule has 5 nitrogen and oxygen atoms in total. The third-order valence-electron chi connectivity index (χ3n) is 4.80. The zero-order valence-electron chi connectivity index (χ0n) is 15.8. The molecule has 3 rings (SSSR count). The van der Waals surface area contributed by atoms with Crippen molar-refractivity contribution in [1.82, 2.24) is 14.9 Å². The summed E-state index contributed by atoms with van der Waals surface area (Å²) >= 11 is 11.5. The molecule has 27 heavy (non-hydrogen) atoms. The van der Waals surface area contributed by atoms with Crippen molar-refractivity contribution in [3.05, 3.63) is 41.6 Å². The molecule has 2 aromatic rings. The normalized spacial score (nSPS) is 14.9. The van der Waals surface area contributed by atoms with E-state index >= 15 is 0 Å². The number of hydrogen-bond donors (Lipinski definition) is 0. The van der Waals surface area contributed by atoms with Crippen LogP contribution in [0.25, 0.3) is 11.4 Å². The topological polar surface area (TPSA) is 49.3 Å². The van der Waals surface area contributed by atoms with E-state index in [9.17, 15) is 4.79 Å². The highest BCUT2D eigenvalue weighted by atomic mass is 35.5. The lowest BCUT2D eigenvalue weighted by molar-refractivity contribution is -0.129. The van der Waals surface area contributed by atoms with Crippen molar-refractivity contribution < 1.29 is 4.79 Å². The zero-order valence-corrected chi connectivity index (χ0v) is 17.3. The van der Waals surface area contributed by atoms with Gasteiger partial charge in [0.15, 0.2) is 10.7 Å². The Labute approximate surface area is 170 Å². The average Bonchev–Trinajstić information content (AvgIpc) is 2.67. The van der Waals surface area contributed by atoms with Crippen molar-refractivity contribution in [2.24, 2.45) is 0 Å². The SMILES string of the molecule is Cc1nc(-c2ccccc2)nc(N2CCN(C(=O)C(Cl)Cl)CC2)c1C(C)C. The van der Waals surface area contributed by atoms with Gasteiger partial charge >= 0.3 is 0 Å². The molecule has 144 valence electrons. The number of benzene rings is 1. The molecule has 2 heterocycles. The lowest BCUT2D eigenvalue weighted by Crippen LogP contribution is -2.50. The molecule has 0 N–H and O–H groups in total. The molecule has 1 amide bonds. The number of carbonyl (C=O) groups excluding carboxylic acids is 1. The van der Waals surface area contributed by atoms with Gasteiger partial charge in [-0.3, -0.25) is 4.79 Å². The minimum atomic E-state index is -1.01. The monoisotopic (exact) mass is 406 g/mol. The number of piperazine rings is 1. The molecule has 0 radical (unpaired) electrons. The minimum absolute atomic E-state index is 0.231. The van der Waals surface area contributed by atoms with Crippen LogP contribution in [0, 0.1) is 6.92 Å². The number of nitrogens with zero attached hydrogens (tertiary/aromatic N) is 4. The van der Waals surface area contributed by atoms with Gasteiger partial charge in [-0.05, 0) is 12.8 Å². The van der Waals surface area contributed by atoms with E-state index in [1.54, 1.807) is 4.90 Å². The number of rotatable bonds is 4. The molecule has 1 aromatic heterocycles. The number of halogens is 2. The maximum absolute atomic E-state index is 12.0. The summed E-state index contributed by atoms with van der Waals surface area (Å²) in [6.45, 7) is 8.89. The van der Waals surface area contributed by atoms with E-state index in [-0.39, 0.29) is 5.91 Å². The van der Waals surface area contributed by atoms with Gasteiger partial charge in [0.2, 0.25) is 0 Å². The average molecular weight is 407 g/mol. The first-order valence-corrected chi connectivity index (χ1v) is 10.0. The van der Waals surface area contributed by atoms with Crippen molar-refractivity contribution in [2.45, 2.75) is 31.5 Å². The quantitative estimate of drug-likeness (QED) is 0.719. The fraction of sp³-hybridized carbons (Fsp3) is 0.450. The molecule has 0 aliphatic carbocycles. The summed E-state index contributed by atoms with van der Waals surface area (Å²) in [6, 6.07) is 10.00. The van der Waals surface area contributed by atoms with Gasteiger partial charge < -0.3 is 9.80 Å². The maximum Gasteiger partial charge on any atom is 0.255 e. The lowest BCUT2D eigenvalue weighted by atomic mass is 10.0. The Balaban J connectivity index is 1.92. The molecule has 7 heteroatoms. The third-order valence-corrected chi connectivity index (χ3v) is 5.18. The Bertz CT molecular complexity index is 803. The molecule has 0 spiro atoms. The summed E-state index contributed by atoms with van der Waals surface area (Å²) in [5, 5.41) is 0. The first-order chi connectivity index (χ1) is 12.9. The van der Waals surface area contributed by atoms with Crippen LogP contribution in [0.4, 0.5) is 5.82 Å². The van der Waals surface area contributed by atoms with Crippen LogP contribution in [-0.4, -0.2) is 51.8 Å². The van der Waals surface area contributed by atoms with Crippen LogP contribution in [0.15, 0.2) is 30.3 Å². The minimum Gasteiger partial charge on any atom is -0.353 e. The van der Waals surface area contributed by atoms with Gasteiger partial charge in [-0.2, -0.15) is 0 Å². The first-order valence-electron chi connectivity index (χ1n) is 9.14. The van der Waals surface area contributed by atoms with Crippen LogP contribution in [0.3, 0.4) is 0 Å². The number of aromatic nitrogens is 2. The van der Waals surface area contributed by atoms with Gasteiger partial charge in [0, 0.05) is 43.0 Å². The molecule has 1 aliphatic heterocycles. The molecule has 1 fully saturated rings. The molecule has 1 saturated heterocycles. The van der Waals surface area contributed by atoms with Crippen molar-refractivity contribution >= 4 is 34.9 Å². The largest absolute Gasteiger partial charge is 0.353 e. The van der Waals surface area contributed by atoms with Crippen LogP contribution < -0.4 is 4.90 Å². The van der Waals surface area contributed by atoms with Gasteiger partial charge in [0.05, 0.1) is 0 Å². The van der Waals surface area contributed by atoms with Crippen molar-refractivity contribution in [3.8, 4) is 11.4 Å². The summed E-state index contributed by atoms with van der Waals surface area (Å²) in [5.41, 5.74) is 3.15. The maximum atomic E-state index is 12.0. The van der Waals surface area contributed by atoms with E-state index in [1.807, 2.05) is 37.3 Å². The van der Waals surface area contributed by atoms with Crippen molar-refractivity contribution in [2.75, 3.05) is 31.1 Å². The number of anilines is 1. The highest BCUT2D eigenvalue weighted by Crippen LogP contribution is 2.31. The second-order valence-corrected chi connectivity index (χ2v) is 8.10. The van der Waals surface area contributed by atoms with Gasteiger partial charge in [-0.25, -0.2) is 9.97 Å². The fourth-order valence-electron chi connectivity index (χ4n) is 3.48. The summed E-state index contributed by atoms with van der Waals surface area (Å²) < 4.78 is 0. The number of carbonyl (C=O) groups is 1. The standard InChI is InChI=1S/C20H24Cl2N4O/c1-13(2)16-14(3)23-18(15-7-5-4-6-8-15)24-19(16)25-9-11-26(12-10-25)20(27)17(21)22/h4-8,13,17H,9-12H2,1-3H3. The zero-order chi connectivity index (χ0) is 19.6. The predicted octanol–water partition coefficient (Wildman–Crippen LogP) is 4.03. The van der Waals surface area contributed by atoms with Crippen LogP contribution in [-0.2, 0) is 4.79 Å². The van der Waals surface area contributed by atoms with E-state index in [1.165, 1.54) is 0 Å². The smallest absolute Gasteiger partial charge is 0.255 e. The van der Waals surface area contributed by atoms with E-state index < -0.39 is 4.84 Å². The Morgan fingerprint density at radius 3 is 2.22 bits per heavy atom. The Morgan fingerprint density at radius 1 is 1.04 bits per heavy atom. The van der Waals surface area contributed by atoms with E-state index in [4.69, 9.17) is 33.2 Å². The molecule has 0 unspecified atom stereocenters. The van der Waals surface area contributed by atoms with Gasteiger partial charge in [0.1, 0.15) is 5.82 Å². The summed E-state index contributed by atoms with van der Waals surface area (Å²) in [7, 11) is 0. The molecular formula is C20H24Cl2N4O. The molecular weight excluding hydrogens is 383 g/mol. The van der Waals surface area contributed by atoms with Gasteiger partial charge in [-0.1, -0.05) is 67.4 Å². The van der Waals surface area contributed by atoms with Gasteiger partial charge in [-0.15, -0.1) is 0 Å². The number of aryl methyl sites for hydroxylation is 1. The number of alkyl halides is 2. The molecule has 0 saturated carbocycles. The summed E-state index contributed by atoms with van der Waals surface area (Å²) in [4.78, 5) is 24.6. The summed E-state index contributed by atoms with van der Waals surface area (Å²) in [6.07, 6.45) is 0. The highest BCUT2D eigenvalue weighted by molar-refractivity contribution is 6.53. The molecule has 0 atom stereocenters. The third kappa shape index (κ3) is 4.36. The second-order valence-electron chi connectivity index (χ2n) is 7.00. The van der Waals surface area contributed by atoms with Gasteiger partial charge in [0.25, 0.3) is 5.91 Å². The van der Waals surface area contributed by atoms with E-state index in [2.05, 4.69) is 18.7 Å². The van der Waals surface area contributed by atoms with Crippen LogP contribution in [0.5, 0.6) is 0 Å². The van der Waals surface area contributed by atoms with Crippen LogP contribution in [0.1, 0.15) is 31.0 Å². The Kier molecular flexibility index (Phi) is 6.22. The highest BCUT2D eigenvalue weighted by Gasteiger charge is 2.28. The van der Waals surface area contributed by atoms with E-state index in [0.717, 1.165) is 28.5 Å². The lowest BCUT2D eigenvalue weighted by Gasteiger charge is -2.37. The van der Waals surface area contributed by atoms with Crippen LogP contribution >= 0.6 is 23.2 Å². The molecule has 0 bridgehead atoms. The molecule has 1 aromatic carbocycles. The second kappa shape index (κ2) is 8.44. The Morgan fingerprint density at radius 2 is 1.67 bits per heavy atom. The predicted molar refractivity (Wildman–Crippen MR) is 111 cm³/mol. The van der Waals surface area contributed by atoms with Crippen molar-refractivity contribution in [3.63, 3.8) is 0 Å². The Hall–Kier alpha value is -1.85. The van der Waals surface area contributed by atoms with Crippen molar-refractivity contribution in [1.29, 1.82) is 0 Å². The van der Waals surface area contributed by atoms with E-state index in [0.29, 0.717) is 32.1 Å². The molecule has 1 aliphatic rings. The number of amides is 1. The summed E-state index contributed by atoms with van der Waals surface area (Å²) in [5.74, 6) is 1.76.